The Bertz CT molecular complexity index is 691. The normalized spacial score (nSPS) is 10.8. The van der Waals surface area contributed by atoms with E-state index in [9.17, 15) is 9.59 Å². The summed E-state index contributed by atoms with van der Waals surface area (Å²) in [5, 5.41) is 0.849. The van der Waals surface area contributed by atoms with Gasteiger partial charge in [-0.2, -0.15) is 0 Å². The molecule has 0 bridgehead atoms. The number of aromatic nitrogens is 1. The summed E-state index contributed by atoms with van der Waals surface area (Å²) in [5.41, 5.74) is 7.37. The molecule has 3 N–H and O–H groups in total. The number of nitrogens with one attached hydrogen (secondary N) is 1. The topological polar surface area (TPSA) is 85.2 Å². The van der Waals surface area contributed by atoms with Crippen LogP contribution in [0.15, 0.2) is 12.1 Å². The van der Waals surface area contributed by atoms with Gasteiger partial charge in [0.05, 0.1) is 23.4 Å². The van der Waals surface area contributed by atoms with Crippen LogP contribution in [0.4, 0.5) is 5.69 Å². The Kier molecular flexibility index (Phi) is 3.99. The number of Topliss-reactive ketones (excluding diaryl/α,β-unsaturated/α-hetero) is 1. The molecule has 2 aromatic rings. The Morgan fingerprint density at radius 3 is 2.65 bits per heavy atom. The van der Waals surface area contributed by atoms with Crippen molar-refractivity contribution in [2.45, 2.75) is 20.3 Å². The highest BCUT2D eigenvalue weighted by Crippen LogP contribution is 2.32. The quantitative estimate of drug-likeness (QED) is 0.670. The van der Waals surface area contributed by atoms with E-state index in [0.29, 0.717) is 28.0 Å². The van der Waals surface area contributed by atoms with Gasteiger partial charge in [0.15, 0.2) is 5.78 Å². The first-order valence-corrected chi connectivity index (χ1v) is 6.68. The smallest absolute Gasteiger partial charge is 0.338 e. The Morgan fingerprint density at radius 1 is 1.35 bits per heavy atom. The molecular weight excluding hydrogens is 280 g/mol. The molecule has 20 heavy (non-hydrogen) atoms. The number of hydrogen-bond donors (Lipinski definition) is 2. The number of nitrogens with two attached hydrogens (primary N) is 1. The molecule has 1 aromatic heterocycles. The number of rotatable bonds is 4. The van der Waals surface area contributed by atoms with Crippen molar-refractivity contribution >= 4 is 39.9 Å². The average Bonchev–Trinajstić information content (AvgIpc) is 2.74. The number of ether oxygens (including phenoxy) is 1. The van der Waals surface area contributed by atoms with Gasteiger partial charge in [0.25, 0.3) is 0 Å². The predicted octanol–water partition coefficient (Wildman–Crippen LogP) is 3.17. The van der Waals surface area contributed by atoms with Gasteiger partial charge in [-0.25, -0.2) is 4.79 Å². The van der Waals surface area contributed by atoms with Gasteiger partial charge in [0.1, 0.15) is 5.69 Å². The van der Waals surface area contributed by atoms with Crippen molar-refractivity contribution in [2.75, 3.05) is 12.3 Å². The van der Waals surface area contributed by atoms with Crippen LogP contribution in [0.2, 0.25) is 5.02 Å². The van der Waals surface area contributed by atoms with Crippen LogP contribution in [0.25, 0.3) is 10.9 Å². The third kappa shape index (κ3) is 2.36. The molecule has 0 aliphatic carbocycles. The number of nitrogen functional groups attached to an aromatic ring is 1. The summed E-state index contributed by atoms with van der Waals surface area (Å²) in [5.74, 6) is -0.633. The second-order valence-electron chi connectivity index (χ2n) is 4.29. The number of carbonyl (C=O) groups excluding carboxylic acids is 2. The minimum absolute atomic E-state index is 0.121. The maximum absolute atomic E-state index is 12.0. The molecule has 0 saturated carbocycles. The van der Waals surface area contributed by atoms with E-state index in [1.54, 1.807) is 19.9 Å². The van der Waals surface area contributed by atoms with Crippen LogP contribution in [0.3, 0.4) is 0 Å². The molecule has 106 valence electrons. The van der Waals surface area contributed by atoms with Crippen molar-refractivity contribution in [3.8, 4) is 0 Å². The number of fused-ring (bicyclic) bond motifs is 1. The van der Waals surface area contributed by atoms with Gasteiger partial charge in [-0.3, -0.25) is 4.79 Å². The lowest BCUT2D eigenvalue weighted by Crippen LogP contribution is -2.06. The molecule has 5 nitrogen and oxygen atoms in total. The highest BCUT2D eigenvalue weighted by Gasteiger charge is 2.21. The third-order valence-electron chi connectivity index (χ3n) is 3.00. The van der Waals surface area contributed by atoms with Gasteiger partial charge in [-0.1, -0.05) is 18.5 Å². The van der Waals surface area contributed by atoms with E-state index in [1.807, 2.05) is 0 Å². The second-order valence-corrected chi connectivity index (χ2v) is 4.72. The lowest BCUT2D eigenvalue weighted by molar-refractivity contribution is 0.0528. The monoisotopic (exact) mass is 294 g/mol. The summed E-state index contributed by atoms with van der Waals surface area (Å²) in [7, 11) is 0. The summed E-state index contributed by atoms with van der Waals surface area (Å²) < 4.78 is 4.99. The predicted molar refractivity (Wildman–Crippen MR) is 78.3 cm³/mol. The molecule has 1 aromatic carbocycles. The number of hydrogen-bond acceptors (Lipinski definition) is 4. The fourth-order valence-corrected chi connectivity index (χ4v) is 2.31. The Morgan fingerprint density at radius 2 is 2.05 bits per heavy atom. The van der Waals surface area contributed by atoms with Crippen molar-refractivity contribution in [3.05, 3.63) is 28.4 Å². The standard InChI is InChI=1S/C14H15ClN2O3/c1-3-10(18)13-12(16)11-8(14(19)20-4-2)5-7(15)6-9(11)17-13/h5-6,17H,3-4,16H2,1-2H3. The number of anilines is 1. The van der Waals surface area contributed by atoms with Gasteiger partial charge < -0.3 is 15.5 Å². The Labute approximate surface area is 121 Å². The SMILES string of the molecule is CCOC(=O)c1cc(Cl)cc2[nH]c(C(=O)CC)c(N)c12. The van der Waals surface area contributed by atoms with Crippen molar-refractivity contribution in [1.82, 2.24) is 4.98 Å². The van der Waals surface area contributed by atoms with E-state index in [1.165, 1.54) is 6.07 Å². The number of aromatic amines is 1. The third-order valence-corrected chi connectivity index (χ3v) is 3.21. The highest BCUT2D eigenvalue weighted by atomic mass is 35.5. The molecule has 6 heteroatoms. The van der Waals surface area contributed by atoms with E-state index < -0.39 is 5.97 Å². The Balaban J connectivity index is 2.72. The van der Waals surface area contributed by atoms with Crippen LogP contribution >= 0.6 is 11.6 Å². The number of esters is 1. The van der Waals surface area contributed by atoms with Crippen molar-refractivity contribution < 1.29 is 14.3 Å². The van der Waals surface area contributed by atoms with Crippen LogP contribution in [0.1, 0.15) is 41.1 Å². The van der Waals surface area contributed by atoms with Gasteiger partial charge in [-0.05, 0) is 19.1 Å². The van der Waals surface area contributed by atoms with E-state index in [4.69, 9.17) is 22.1 Å². The highest BCUT2D eigenvalue weighted by molar-refractivity contribution is 6.32. The zero-order valence-corrected chi connectivity index (χ0v) is 12.0. The van der Waals surface area contributed by atoms with Gasteiger partial charge in [-0.15, -0.1) is 0 Å². The summed E-state index contributed by atoms with van der Waals surface area (Å²) in [6.45, 7) is 3.70. The molecule has 0 spiro atoms. The van der Waals surface area contributed by atoms with Gasteiger partial charge >= 0.3 is 5.97 Å². The number of carbonyl (C=O) groups is 2. The summed E-state index contributed by atoms with van der Waals surface area (Å²) in [4.78, 5) is 26.7. The first-order chi connectivity index (χ1) is 9.49. The molecule has 0 aliphatic heterocycles. The molecule has 0 atom stereocenters. The maximum atomic E-state index is 12.0. The van der Waals surface area contributed by atoms with Gasteiger partial charge in [0, 0.05) is 16.8 Å². The summed E-state index contributed by atoms with van der Waals surface area (Å²) >= 11 is 5.99. The molecule has 0 saturated heterocycles. The maximum Gasteiger partial charge on any atom is 0.338 e. The summed E-state index contributed by atoms with van der Waals surface area (Å²) in [6.07, 6.45) is 0.319. The molecule has 0 radical (unpaired) electrons. The zero-order chi connectivity index (χ0) is 14.9. The number of ketones is 1. The van der Waals surface area contributed by atoms with Crippen LogP contribution in [0, 0.1) is 0 Å². The van der Waals surface area contributed by atoms with Gasteiger partial charge in [0.2, 0.25) is 0 Å². The van der Waals surface area contributed by atoms with E-state index >= 15 is 0 Å². The van der Waals surface area contributed by atoms with E-state index in [0.717, 1.165) is 0 Å². The molecule has 0 fully saturated rings. The van der Waals surface area contributed by atoms with Crippen molar-refractivity contribution in [2.24, 2.45) is 0 Å². The minimum atomic E-state index is -0.513. The van der Waals surface area contributed by atoms with Crippen molar-refractivity contribution in [3.63, 3.8) is 0 Å². The van der Waals surface area contributed by atoms with Crippen LogP contribution < -0.4 is 5.73 Å². The molecule has 1 heterocycles. The molecule has 0 aliphatic rings. The molecular formula is C14H15ClN2O3. The van der Waals surface area contributed by atoms with Crippen LogP contribution in [0.5, 0.6) is 0 Å². The fraction of sp³-hybridized carbons (Fsp3) is 0.286. The average molecular weight is 295 g/mol. The number of halogens is 1. The van der Waals surface area contributed by atoms with E-state index in [2.05, 4.69) is 4.98 Å². The minimum Gasteiger partial charge on any atom is -0.462 e. The zero-order valence-electron chi connectivity index (χ0n) is 11.2. The first-order valence-electron chi connectivity index (χ1n) is 6.30. The van der Waals surface area contributed by atoms with Crippen molar-refractivity contribution in [1.29, 1.82) is 0 Å². The fourth-order valence-electron chi connectivity index (χ4n) is 2.09. The van der Waals surface area contributed by atoms with E-state index in [-0.39, 0.29) is 23.6 Å². The number of H-pyrrole nitrogens is 1. The molecule has 0 amide bonds. The number of benzene rings is 1. The second kappa shape index (κ2) is 5.54. The molecule has 2 rings (SSSR count). The molecule has 0 unspecified atom stereocenters. The largest absolute Gasteiger partial charge is 0.462 e. The summed E-state index contributed by atoms with van der Waals surface area (Å²) in [6, 6.07) is 3.12. The lowest BCUT2D eigenvalue weighted by Gasteiger charge is -2.05. The lowest BCUT2D eigenvalue weighted by atomic mass is 10.1. The first kappa shape index (κ1) is 14.4. The van der Waals surface area contributed by atoms with Crippen LogP contribution in [-0.4, -0.2) is 23.3 Å². The Hall–Kier alpha value is -2.01. The van der Waals surface area contributed by atoms with Crippen LogP contribution in [-0.2, 0) is 4.74 Å².